The maximum absolute atomic E-state index is 11.9. The van der Waals surface area contributed by atoms with Crippen molar-refractivity contribution in [3.05, 3.63) is 0 Å². The lowest BCUT2D eigenvalue weighted by Gasteiger charge is -2.22. The second-order valence-corrected chi connectivity index (χ2v) is 5.96. The van der Waals surface area contributed by atoms with E-state index in [1.165, 1.54) is 19.4 Å². The summed E-state index contributed by atoms with van der Waals surface area (Å²) in [6.07, 6.45) is 3.53. The second-order valence-electron chi connectivity index (χ2n) is 5.96. The molecule has 2 N–H and O–H groups in total. The van der Waals surface area contributed by atoms with E-state index in [-0.39, 0.29) is 11.9 Å². The first-order chi connectivity index (χ1) is 8.49. The van der Waals surface area contributed by atoms with Gasteiger partial charge in [0.15, 0.2) is 0 Å². The molecule has 0 bridgehead atoms. The van der Waals surface area contributed by atoms with Crippen molar-refractivity contribution in [1.29, 1.82) is 0 Å². The van der Waals surface area contributed by atoms with Crippen LogP contribution in [-0.2, 0) is 4.79 Å². The quantitative estimate of drug-likeness (QED) is 0.776. The zero-order valence-electron chi connectivity index (χ0n) is 12.3. The van der Waals surface area contributed by atoms with Crippen LogP contribution in [0.3, 0.4) is 0 Å². The van der Waals surface area contributed by atoms with Crippen molar-refractivity contribution in [2.24, 2.45) is 5.92 Å². The van der Waals surface area contributed by atoms with Gasteiger partial charge in [0.25, 0.3) is 0 Å². The van der Waals surface area contributed by atoms with Gasteiger partial charge in [-0.1, -0.05) is 13.8 Å². The minimum absolute atomic E-state index is 0.0860. The van der Waals surface area contributed by atoms with Gasteiger partial charge in [-0.15, -0.1) is 0 Å². The molecule has 0 spiro atoms. The predicted octanol–water partition coefficient (Wildman–Crippen LogP) is 1.22. The topological polar surface area (TPSA) is 44.4 Å². The smallest absolute Gasteiger partial charge is 0.236 e. The van der Waals surface area contributed by atoms with Crippen LogP contribution in [0.15, 0.2) is 0 Å². The van der Waals surface area contributed by atoms with Gasteiger partial charge < -0.3 is 15.5 Å². The number of carbonyl (C=O) groups is 1. The van der Waals surface area contributed by atoms with E-state index < -0.39 is 0 Å². The maximum atomic E-state index is 11.9. The molecule has 0 aromatic carbocycles. The van der Waals surface area contributed by atoms with Crippen LogP contribution >= 0.6 is 0 Å². The molecule has 4 heteroatoms. The SMILES string of the molecule is CC(C)CNC(=O)C(C)NC1CCCN(C)CC1. The van der Waals surface area contributed by atoms with Crippen LogP contribution in [0.2, 0.25) is 0 Å². The van der Waals surface area contributed by atoms with Crippen molar-refractivity contribution in [3.8, 4) is 0 Å². The molecular weight excluding hydrogens is 226 g/mol. The third-order valence-electron chi connectivity index (χ3n) is 3.52. The lowest BCUT2D eigenvalue weighted by Crippen LogP contribution is -2.47. The van der Waals surface area contributed by atoms with E-state index in [2.05, 4.69) is 36.4 Å². The van der Waals surface area contributed by atoms with Gasteiger partial charge in [0.2, 0.25) is 5.91 Å². The molecule has 2 unspecified atom stereocenters. The molecule has 0 radical (unpaired) electrons. The van der Waals surface area contributed by atoms with Gasteiger partial charge in [0.1, 0.15) is 0 Å². The van der Waals surface area contributed by atoms with Crippen LogP contribution in [0.1, 0.15) is 40.0 Å². The van der Waals surface area contributed by atoms with Gasteiger partial charge in [-0.3, -0.25) is 4.79 Å². The number of rotatable bonds is 5. The highest BCUT2D eigenvalue weighted by atomic mass is 16.2. The van der Waals surface area contributed by atoms with E-state index in [0.29, 0.717) is 12.0 Å². The van der Waals surface area contributed by atoms with Gasteiger partial charge in [0.05, 0.1) is 6.04 Å². The number of carbonyl (C=O) groups excluding carboxylic acids is 1. The summed E-state index contributed by atoms with van der Waals surface area (Å²) in [5, 5.41) is 6.45. The molecule has 1 rings (SSSR count). The summed E-state index contributed by atoms with van der Waals surface area (Å²) in [4.78, 5) is 14.3. The van der Waals surface area contributed by atoms with Gasteiger partial charge in [-0.25, -0.2) is 0 Å². The molecule has 0 aromatic heterocycles. The molecule has 1 aliphatic heterocycles. The van der Waals surface area contributed by atoms with Crippen LogP contribution in [-0.4, -0.2) is 49.6 Å². The molecule has 0 aromatic rings. The standard InChI is InChI=1S/C14H29N3O/c1-11(2)10-15-14(18)12(3)16-13-6-5-8-17(4)9-7-13/h11-13,16H,5-10H2,1-4H3,(H,15,18). The Morgan fingerprint density at radius 2 is 2.00 bits per heavy atom. The first kappa shape index (κ1) is 15.4. The zero-order valence-corrected chi connectivity index (χ0v) is 12.3. The minimum atomic E-state index is -0.0860. The first-order valence-corrected chi connectivity index (χ1v) is 7.21. The zero-order chi connectivity index (χ0) is 13.5. The summed E-state index contributed by atoms with van der Waals surface area (Å²) in [6, 6.07) is 0.395. The van der Waals surface area contributed by atoms with E-state index in [9.17, 15) is 4.79 Å². The van der Waals surface area contributed by atoms with Gasteiger partial charge >= 0.3 is 0 Å². The Kier molecular flexibility index (Phi) is 6.65. The Hall–Kier alpha value is -0.610. The van der Waals surface area contributed by atoms with Crippen LogP contribution < -0.4 is 10.6 Å². The van der Waals surface area contributed by atoms with Crippen molar-refractivity contribution in [2.75, 3.05) is 26.7 Å². The minimum Gasteiger partial charge on any atom is -0.354 e. The second kappa shape index (κ2) is 7.74. The molecule has 2 atom stereocenters. The maximum Gasteiger partial charge on any atom is 0.236 e. The number of nitrogens with zero attached hydrogens (tertiary/aromatic N) is 1. The van der Waals surface area contributed by atoms with Crippen LogP contribution in [0.25, 0.3) is 0 Å². The monoisotopic (exact) mass is 255 g/mol. The number of nitrogens with one attached hydrogen (secondary N) is 2. The molecule has 1 saturated heterocycles. The van der Waals surface area contributed by atoms with Crippen molar-refractivity contribution in [1.82, 2.24) is 15.5 Å². The average molecular weight is 255 g/mol. The van der Waals surface area contributed by atoms with Crippen molar-refractivity contribution >= 4 is 5.91 Å². The highest BCUT2D eigenvalue weighted by Crippen LogP contribution is 2.10. The molecule has 0 saturated carbocycles. The van der Waals surface area contributed by atoms with E-state index in [0.717, 1.165) is 19.5 Å². The molecule has 0 aliphatic carbocycles. The molecule has 1 amide bonds. The number of likely N-dealkylation sites (tertiary alicyclic amines) is 1. The summed E-state index contributed by atoms with van der Waals surface area (Å²) in [6.45, 7) is 9.24. The fourth-order valence-electron chi connectivity index (χ4n) is 2.29. The molecule has 18 heavy (non-hydrogen) atoms. The van der Waals surface area contributed by atoms with Crippen molar-refractivity contribution < 1.29 is 4.79 Å². The summed E-state index contributed by atoms with van der Waals surface area (Å²) < 4.78 is 0. The Balaban J connectivity index is 2.29. The van der Waals surface area contributed by atoms with Gasteiger partial charge in [-0.05, 0) is 52.2 Å². The number of hydrogen-bond donors (Lipinski definition) is 2. The Bertz CT molecular complexity index is 255. The molecule has 4 nitrogen and oxygen atoms in total. The Morgan fingerprint density at radius 3 is 2.67 bits per heavy atom. The van der Waals surface area contributed by atoms with Crippen LogP contribution in [0.5, 0.6) is 0 Å². The van der Waals surface area contributed by atoms with Gasteiger partial charge in [0, 0.05) is 12.6 Å². The molecule has 1 aliphatic rings. The van der Waals surface area contributed by atoms with Crippen LogP contribution in [0, 0.1) is 5.92 Å². The fraction of sp³-hybridized carbons (Fsp3) is 0.929. The molecule has 1 fully saturated rings. The summed E-state index contributed by atoms with van der Waals surface area (Å²) in [5.74, 6) is 0.633. The third kappa shape index (κ3) is 5.83. The average Bonchev–Trinajstić information content (AvgIpc) is 2.51. The Morgan fingerprint density at radius 1 is 1.28 bits per heavy atom. The highest BCUT2D eigenvalue weighted by molar-refractivity contribution is 5.81. The van der Waals surface area contributed by atoms with Crippen LogP contribution in [0.4, 0.5) is 0 Å². The normalized spacial score (nSPS) is 23.7. The molecule has 1 heterocycles. The molecular formula is C14H29N3O. The lowest BCUT2D eigenvalue weighted by atomic mass is 10.1. The summed E-state index contributed by atoms with van der Waals surface area (Å²) >= 11 is 0. The van der Waals surface area contributed by atoms with E-state index in [4.69, 9.17) is 0 Å². The fourth-order valence-corrected chi connectivity index (χ4v) is 2.29. The largest absolute Gasteiger partial charge is 0.354 e. The highest BCUT2D eigenvalue weighted by Gasteiger charge is 2.20. The van der Waals surface area contributed by atoms with E-state index >= 15 is 0 Å². The number of hydrogen-bond acceptors (Lipinski definition) is 3. The lowest BCUT2D eigenvalue weighted by molar-refractivity contribution is -0.123. The number of amides is 1. The van der Waals surface area contributed by atoms with Crippen molar-refractivity contribution in [3.63, 3.8) is 0 Å². The first-order valence-electron chi connectivity index (χ1n) is 7.21. The van der Waals surface area contributed by atoms with Crippen molar-refractivity contribution in [2.45, 2.75) is 52.1 Å². The predicted molar refractivity (Wildman–Crippen MR) is 75.6 cm³/mol. The molecule has 106 valence electrons. The third-order valence-corrected chi connectivity index (χ3v) is 3.52. The van der Waals surface area contributed by atoms with E-state index in [1.807, 2.05) is 6.92 Å². The van der Waals surface area contributed by atoms with Gasteiger partial charge in [-0.2, -0.15) is 0 Å². The van der Waals surface area contributed by atoms with E-state index in [1.54, 1.807) is 0 Å². The summed E-state index contributed by atoms with van der Waals surface area (Å²) in [7, 11) is 2.17. The Labute approximate surface area is 111 Å². The summed E-state index contributed by atoms with van der Waals surface area (Å²) in [5.41, 5.74) is 0.